The number of carbonyl (C=O) groups is 3. The van der Waals surface area contributed by atoms with Crippen LogP contribution in [0.4, 0.5) is 4.79 Å². The molecule has 4 amide bonds. The van der Waals surface area contributed by atoms with E-state index in [1.807, 2.05) is 5.32 Å². The van der Waals surface area contributed by atoms with Gasteiger partial charge in [0.25, 0.3) is 5.91 Å². The Hall–Kier alpha value is -1.08. The molecular formula is C5H6N2O4S. The Morgan fingerprint density at radius 1 is 1.50 bits per heavy atom. The highest BCUT2D eigenvalue weighted by atomic mass is 32.2. The standard InChI is InChI=1S/C5H6N2O4S/c1-11-12-7-4(9)2-3(8)6-5(7)10/h2H2,1H3,(H,6,8,10). The van der Waals surface area contributed by atoms with Crippen molar-refractivity contribution in [1.29, 1.82) is 0 Å². The molecule has 0 atom stereocenters. The van der Waals surface area contributed by atoms with Crippen LogP contribution in [0.1, 0.15) is 6.42 Å². The summed E-state index contributed by atoms with van der Waals surface area (Å²) in [6, 6.07) is -0.761. The van der Waals surface area contributed by atoms with Gasteiger partial charge < -0.3 is 0 Å². The van der Waals surface area contributed by atoms with E-state index < -0.39 is 17.8 Å². The Kier molecular flexibility index (Phi) is 2.66. The molecule has 66 valence electrons. The molecule has 1 heterocycles. The van der Waals surface area contributed by atoms with E-state index in [2.05, 4.69) is 4.18 Å². The van der Waals surface area contributed by atoms with Gasteiger partial charge in [-0.25, -0.2) is 4.79 Å². The fraction of sp³-hybridized carbons (Fsp3) is 0.400. The van der Waals surface area contributed by atoms with Crippen LogP contribution in [0, 0.1) is 0 Å². The van der Waals surface area contributed by atoms with E-state index in [1.54, 1.807) is 0 Å². The number of rotatable bonds is 2. The van der Waals surface area contributed by atoms with Crippen LogP contribution < -0.4 is 5.32 Å². The third-order valence-electron chi connectivity index (χ3n) is 1.12. The summed E-state index contributed by atoms with van der Waals surface area (Å²) in [5, 5.41) is 1.97. The second-order valence-electron chi connectivity index (χ2n) is 1.96. The predicted octanol–water partition coefficient (Wildman–Crippen LogP) is -0.335. The zero-order chi connectivity index (χ0) is 9.14. The molecule has 7 heteroatoms. The second-order valence-corrected chi connectivity index (χ2v) is 2.81. The van der Waals surface area contributed by atoms with Gasteiger partial charge in [0.1, 0.15) is 18.6 Å². The lowest BCUT2D eigenvalue weighted by atomic mass is 10.3. The first-order chi connectivity index (χ1) is 5.65. The number of hydrogen-bond donors (Lipinski definition) is 1. The summed E-state index contributed by atoms with van der Waals surface area (Å²) in [6.45, 7) is 0. The summed E-state index contributed by atoms with van der Waals surface area (Å²) in [4.78, 5) is 32.4. The van der Waals surface area contributed by atoms with Gasteiger partial charge in [0.15, 0.2) is 0 Å². The predicted molar refractivity (Wildman–Crippen MR) is 39.6 cm³/mol. The van der Waals surface area contributed by atoms with Crippen molar-refractivity contribution in [3.05, 3.63) is 0 Å². The lowest BCUT2D eigenvalue weighted by Gasteiger charge is -2.21. The minimum absolute atomic E-state index is 0.317. The van der Waals surface area contributed by atoms with E-state index in [1.165, 1.54) is 7.11 Å². The van der Waals surface area contributed by atoms with Crippen LogP contribution in [-0.2, 0) is 13.8 Å². The number of carbonyl (C=O) groups excluding carboxylic acids is 3. The third-order valence-corrected chi connectivity index (χ3v) is 1.79. The topological polar surface area (TPSA) is 75.7 Å². The smallest absolute Gasteiger partial charge is 0.300 e. The van der Waals surface area contributed by atoms with Crippen molar-refractivity contribution >= 4 is 30.1 Å². The minimum atomic E-state index is -0.761. The monoisotopic (exact) mass is 190 g/mol. The van der Waals surface area contributed by atoms with Gasteiger partial charge in [-0.3, -0.25) is 19.1 Å². The zero-order valence-corrected chi connectivity index (χ0v) is 7.01. The maximum atomic E-state index is 10.9. The summed E-state index contributed by atoms with van der Waals surface area (Å²) in [5.74, 6) is -1.16. The summed E-state index contributed by atoms with van der Waals surface area (Å²) >= 11 is 0.590. The molecule has 1 aliphatic heterocycles. The highest BCUT2D eigenvalue weighted by Crippen LogP contribution is 2.14. The molecule has 1 N–H and O–H groups in total. The van der Waals surface area contributed by atoms with Crippen molar-refractivity contribution in [2.75, 3.05) is 7.11 Å². The maximum absolute atomic E-state index is 10.9. The molecule has 12 heavy (non-hydrogen) atoms. The number of urea groups is 1. The molecule has 1 rings (SSSR count). The van der Waals surface area contributed by atoms with E-state index in [-0.39, 0.29) is 6.42 Å². The summed E-state index contributed by atoms with van der Waals surface area (Å²) in [5.41, 5.74) is 0. The number of imide groups is 2. The van der Waals surface area contributed by atoms with Crippen LogP contribution in [0.25, 0.3) is 0 Å². The first-order valence-corrected chi connectivity index (χ1v) is 3.72. The van der Waals surface area contributed by atoms with E-state index in [4.69, 9.17) is 0 Å². The summed E-state index contributed by atoms with van der Waals surface area (Å²) < 4.78 is 5.26. The van der Waals surface area contributed by atoms with Crippen molar-refractivity contribution in [1.82, 2.24) is 9.62 Å². The van der Waals surface area contributed by atoms with Crippen LogP contribution in [0.3, 0.4) is 0 Å². The highest BCUT2D eigenvalue weighted by molar-refractivity contribution is 7.93. The van der Waals surface area contributed by atoms with E-state index in [0.29, 0.717) is 12.2 Å². The van der Waals surface area contributed by atoms with Crippen molar-refractivity contribution in [2.45, 2.75) is 6.42 Å². The molecule has 0 radical (unpaired) electrons. The number of nitrogens with one attached hydrogen (secondary N) is 1. The number of barbiturate groups is 1. The van der Waals surface area contributed by atoms with Gasteiger partial charge in [-0.15, -0.1) is 0 Å². The molecule has 0 aliphatic carbocycles. The SMILES string of the molecule is COSN1C(=O)CC(=O)NC1=O. The number of hydrogen-bond acceptors (Lipinski definition) is 5. The van der Waals surface area contributed by atoms with Crippen molar-refractivity contribution in [3.63, 3.8) is 0 Å². The Morgan fingerprint density at radius 2 is 2.17 bits per heavy atom. The maximum Gasteiger partial charge on any atom is 0.342 e. The average molecular weight is 190 g/mol. The van der Waals surface area contributed by atoms with Crippen LogP contribution in [-0.4, -0.2) is 29.3 Å². The van der Waals surface area contributed by atoms with E-state index >= 15 is 0 Å². The number of nitrogens with zero attached hydrogens (tertiary/aromatic N) is 1. The van der Waals surface area contributed by atoms with Gasteiger partial charge in [-0.2, -0.15) is 4.31 Å². The van der Waals surface area contributed by atoms with E-state index in [9.17, 15) is 14.4 Å². The average Bonchev–Trinajstić information content (AvgIpc) is 1.96. The van der Waals surface area contributed by atoms with Crippen LogP contribution in [0.5, 0.6) is 0 Å². The molecule has 0 aromatic carbocycles. The Labute approximate surface area is 72.6 Å². The second kappa shape index (κ2) is 3.55. The van der Waals surface area contributed by atoms with Crippen LogP contribution >= 0.6 is 12.2 Å². The van der Waals surface area contributed by atoms with Crippen molar-refractivity contribution in [3.8, 4) is 0 Å². The van der Waals surface area contributed by atoms with Crippen LogP contribution in [0.2, 0.25) is 0 Å². The fourth-order valence-electron chi connectivity index (χ4n) is 0.687. The van der Waals surface area contributed by atoms with Gasteiger partial charge in [-0.05, 0) is 0 Å². The fourth-order valence-corrected chi connectivity index (χ4v) is 1.10. The first kappa shape index (κ1) is 9.01. The van der Waals surface area contributed by atoms with Crippen molar-refractivity contribution < 1.29 is 18.6 Å². The normalized spacial score (nSPS) is 18.1. The number of amides is 4. The Balaban J connectivity index is 2.67. The molecule has 0 bridgehead atoms. The van der Waals surface area contributed by atoms with Gasteiger partial charge in [0, 0.05) is 0 Å². The highest BCUT2D eigenvalue weighted by Gasteiger charge is 2.31. The molecular weight excluding hydrogens is 184 g/mol. The lowest BCUT2D eigenvalue weighted by Crippen LogP contribution is -2.49. The minimum Gasteiger partial charge on any atom is -0.300 e. The summed E-state index contributed by atoms with van der Waals surface area (Å²) in [6.07, 6.45) is -0.317. The summed E-state index contributed by atoms with van der Waals surface area (Å²) in [7, 11) is 1.32. The molecule has 0 spiro atoms. The van der Waals surface area contributed by atoms with Gasteiger partial charge >= 0.3 is 6.03 Å². The zero-order valence-electron chi connectivity index (χ0n) is 6.20. The molecule has 1 fully saturated rings. The molecule has 1 saturated heterocycles. The molecule has 0 aromatic heterocycles. The molecule has 0 aromatic rings. The van der Waals surface area contributed by atoms with Gasteiger partial charge in [0.05, 0.1) is 7.11 Å². The molecule has 0 unspecified atom stereocenters. The quantitative estimate of drug-likeness (QED) is 0.366. The largest absolute Gasteiger partial charge is 0.342 e. The molecule has 1 aliphatic rings. The van der Waals surface area contributed by atoms with Gasteiger partial charge in [0.2, 0.25) is 5.91 Å². The van der Waals surface area contributed by atoms with E-state index in [0.717, 1.165) is 4.31 Å². The molecule has 6 nitrogen and oxygen atoms in total. The Morgan fingerprint density at radius 3 is 2.67 bits per heavy atom. The lowest BCUT2D eigenvalue weighted by molar-refractivity contribution is -0.133. The molecule has 0 saturated carbocycles. The first-order valence-electron chi connectivity index (χ1n) is 3.02. The van der Waals surface area contributed by atoms with Crippen molar-refractivity contribution in [2.24, 2.45) is 0 Å². The Bertz CT molecular complexity index is 222. The van der Waals surface area contributed by atoms with Gasteiger partial charge in [-0.1, -0.05) is 0 Å². The van der Waals surface area contributed by atoms with Crippen LogP contribution in [0.15, 0.2) is 0 Å². The third kappa shape index (κ3) is 1.74.